The highest BCUT2D eigenvalue weighted by molar-refractivity contribution is 6.02. The van der Waals surface area contributed by atoms with Crippen LogP contribution in [0, 0.1) is 5.82 Å². The Morgan fingerprint density at radius 2 is 1.48 bits per heavy atom. The van der Waals surface area contributed by atoms with E-state index >= 15 is 0 Å². The van der Waals surface area contributed by atoms with Crippen molar-refractivity contribution in [3.63, 3.8) is 0 Å². The van der Waals surface area contributed by atoms with Crippen molar-refractivity contribution >= 4 is 29.1 Å². The summed E-state index contributed by atoms with van der Waals surface area (Å²) in [6.07, 6.45) is 2.34. The van der Waals surface area contributed by atoms with Crippen molar-refractivity contribution < 1.29 is 18.8 Å². The molecule has 4 rings (SSSR count). The van der Waals surface area contributed by atoms with Gasteiger partial charge in [-0.2, -0.15) is 0 Å². The second kappa shape index (κ2) is 10.0. The number of anilines is 2. The number of hydrogen-bond donors (Lipinski definition) is 1. The summed E-state index contributed by atoms with van der Waals surface area (Å²) < 4.78 is 14.1. The molecule has 0 unspecified atom stereocenters. The van der Waals surface area contributed by atoms with Crippen LogP contribution in [0.25, 0.3) is 0 Å². The molecule has 0 spiro atoms. The molecule has 3 amide bonds. The molecular weight excluding hydrogens is 423 g/mol. The SMILES string of the molecule is CCC(=O)Nc1ccc(N2CCN(C(=O)c3ccccc3F)CC2)c(C(=O)N2CCCC2)c1. The van der Waals surface area contributed by atoms with Crippen molar-refractivity contribution in [1.82, 2.24) is 9.80 Å². The van der Waals surface area contributed by atoms with Crippen LogP contribution in [0.1, 0.15) is 46.9 Å². The molecule has 0 aromatic heterocycles. The highest BCUT2D eigenvalue weighted by Crippen LogP contribution is 2.28. The second-order valence-corrected chi connectivity index (χ2v) is 8.39. The zero-order valence-electron chi connectivity index (χ0n) is 18.8. The van der Waals surface area contributed by atoms with Gasteiger partial charge in [0.15, 0.2) is 0 Å². The number of nitrogens with zero attached hydrogens (tertiary/aromatic N) is 3. The number of benzene rings is 2. The summed E-state index contributed by atoms with van der Waals surface area (Å²) >= 11 is 0. The first-order chi connectivity index (χ1) is 16.0. The van der Waals surface area contributed by atoms with Crippen molar-refractivity contribution in [2.45, 2.75) is 26.2 Å². The van der Waals surface area contributed by atoms with E-state index < -0.39 is 5.82 Å². The van der Waals surface area contributed by atoms with Crippen LogP contribution in [0.3, 0.4) is 0 Å². The van der Waals surface area contributed by atoms with E-state index in [9.17, 15) is 18.8 Å². The van der Waals surface area contributed by atoms with Crippen molar-refractivity contribution in [2.24, 2.45) is 0 Å². The number of amides is 3. The summed E-state index contributed by atoms with van der Waals surface area (Å²) in [6.45, 7) is 5.16. The third-order valence-electron chi connectivity index (χ3n) is 6.24. The van der Waals surface area contributed by atoms with E-state index in [-0.39, 0.29) is 23.3 Å². The lowest BCUT2D eigenvalue weighted by molar-refractivity contribution is -0.115. The van der Waals surface area contributed by atoms with Crippen LogP contribution in [-0.4, -0.2) is 66.8 Å². The second-order valence-electron chi connectivity index (χ2n) is 8.39. The summed E-state index contributed by atoms with van der Waals surface area (Å²) in [6, 6.07) is 11.4. The summed E-state index contributed by atoms with van der Waals surface area (Å²) in [4.78, 5) is 43.5. The first-order valence-corrected chi connectivity index (χ1v) is 11.5. The Morgan fingerprint density at radius 1 is 0.848 bits per heavy atom. The standard InChI is InChI=1S/C25H29FN4O3/c1-2-23(31)27-18-9-10-22(20(17-18)25(33)29-11-5-6-12-29)28-13-15-30(16-14-28)24(32)19-7-3-4-8-21(19)26/h3-4,7-10,17H,2,5-6,11-16H2,1H3,(H,27,31). The molecule has 33 heavy (non-hydrogen) atoms. The molecule has 2 fully saturated rings. The molecule has 2 aliphatic heterocycles. The first kappa shape index (κ1) is 22.8. The molecule has 2 aromatic carbocycles. The molecule has 8 heteroatoms. The van der Waals surface area contributed by atoms with Gasteiger partial charge in [-0.25, -0.2) is 4.39 Å². The third-order valence-corrected chi connectivity index (χ3v) is 6.24. The molecule has 2 saturated heterocycles. The molecule has 2 aliphatic rings. The van der Waals surface area contributed by atoms with Crippen LogP contribution >= 0.6 is 0 Å². The Morgan fingerprint density at radius 3 is 2.15 bits per heavy atom. The van der Waals surface area contributed by atoms with Gasteiger partial charge >= 0.3 is 0 Å². The quantitative estimate of drug-likeness (QED) is 0.755. The molecule has 2 heterocycles. The van der Waals surface area contributed by atoms with Gasteiger partial charge in [-0.15, -0.1) is 0 Å². The van der Waals surface area contributed by atoms with E-state index in [1.165, 1.54) is 12.1 Å². The van der Waals surface area contributed by atoms with Gasteiger partial charge in [0.1, 0.15) is 5.82 Å². The van der Waals surface area contributed by atoms with Gasteiger partial charge in [-0.05, 0) is 43.2 Å². The Kier molecular flexibility index (Phi) is 6.91. The lowest BCUT2D eigenvalue weighted by Crippen LogP contribution is -2.49. The molecule has 7 nitrogen and oxygen atoms in total. The summed E-state index contributed by atoms with van der Waals surface area (Å²) in [5.41, 5.74) is 2.02. The summed E-state index contributed by atoms with van der Waals surface area (Å²) in [5, 5.41) is 2.84. The minimum absolute atomic E-state index is 0.0417. The van der Waals surface area contributed by atoms with Gasteiger partial charge in [-0.1, -0.05) is 19.1 Å². The van der Waals surface area contributed by atoms with Crippen LogP contribution in [0.5, 0.6) is 0 Å². The van der Waals surface area contributed by atoms with Crippen molar-refractivity contribution in [3.05, 3.63) is 59.4 Å². The Labute approximate surface area is 193 Å². The topological polar surface area (TPSA) is 73.0 Å². The Hall–Kier alpha value is -3.42. The maximum atomic E-state index is 14.1. The van der Waals surface area contributed by atoms with Crippen LogP contribution in [-0.2, 0) is 4.79 Å². The Balaban J connectivity index is 1.53. The van der Waals surface area contributed by atoms with Crippen LogP contribution in [0.4, 0.5) is 15.8 Å². The Bertz CT molecular complexity index is 1040. The largest absolute Gasteiger partial charge is 0.367 e. The van der Waals surface area contributed by atoms with E-state index in [1.807, 2.05) is 11.0 Å². The van der Waals surface area contributed by atoms with Crippen molar-refractivity contribution in [1.29, 1.82) is 0 Å². The lowest BCUT2D eigenvalue weighted by atomic mass is 10.1. The smallest absolute Gasteiger partial charge is 0.256 e. The average molecular weight is 453 g/mol. The molecule has 0 radical (unpaired) electrons. The number of rotatable bonds is 5. The van der Waals surface area contributed by atoms with Crippen molar-refractivity contribution in [2.75, 3.05) is 49.5 Å². The highest BCUT2D eigenvalue weighted by atomic mass is 19.1. The molecule has 0 saturated carbocycles. The molecule has 1 N–H and O–H groups in total. The number of carbonyl (C=O) groups is 3. The molecule has 0 atom stereocenters. The van der Waals surface area contributed by atoms with E-state index in [2.05, 4.69) is 10.2 Å². The monoisotopic (exact) mass is 452 g/mol. The number of halogens is 1. The fourth-order valence-electron chi connectivity index (χ4n) is 4.36. The minimum Gasteiger partial charge on any atom is -0.367 e. The van der Waals surface area contributed by atoms with Gasteiger partial charge in [0.05, 0.1) is 11.1 Å². The van der Waals surface area contributed by atoms with E-state index in [4.69, 9.17) is 0 Å². The maximum absolute atomic E-state index is 14.1. The van der Waals surface area contributed by atoms with E-state index in [0.717, 1.165) is 31.6 Å². The molecule has 0 aliphatic carbocycles. The third kappa shape index (κ3) is 4.99. The van der Waals surface area contributed by atoms with Gasteiger partial charge in [0, 0.05) is 57.1 Å². The molecule has 2 aromatic rings. The fourth-order valence-corrected chi connectivity index (χ4v) is 4.36. The number of hydrogen-bond acceptors (Lipinski definition) is 4. The molecule has 174 valence electrons. The van der Waals surface area contributed by atoms with Gasteiger partial charge < -0.3 is 20.0 Å². The van der Waals surface area contributed by atoms with E-state index in [1.54, 1.807) is 36.1 Å². The lowest BCUT2D eigenvalue weighted by Gasteiger charge is -2.37. The van der Waals surface area contributed by atoms with Gasteiger partial charge in [-0.3, -0.25) is 14.4 Å². The van der Waals surface area contributed by atoms with Crippen LogP contribution < -0.4 is 10.2 Å². The van der Waals surface area contributed by atoms with Crippen LogP contribution in [0.2, 0.25) is 0 Å². The maximum Gasteiger partial charge on any atom is 0.256 e. The number of nitrogens with one attached hydrogen (secondary N) is 1. The van der Waals surface area contributed by atoms with Gasteiger partial charge in [0.25, 0.3) is 11.8 Å². The molecule has 0 bridgehead atoms. The summed E-state index contributed by atoms with van der Waals surface area (Å²) in [5.74, 6) is -0.991. The predicted molar refractivity (Wildman–Crippen MR) is 125 cm³/mol. The van der Waals surface area contributed by atoms with Crippen LogP contribution in [0.15, 0.2) is 42.5 Å². The normalized spacial score (nSPS) is 16.1. The number of piperazine rings is 1. The predicted octanol–water partition coefficient (Wildman–Crippen LogP) is 3.37. The van der Waals surface area contributed by atoms with E-state index in [0.29, 0.717) is 43.9 Å². The van der Waals surface area contributed by atoms with Crippen molar-refractivity contribution in [3.8, 4) is 0 Å². The summed E-state index contributed by atoms with van der Waals surface area (Å²) in [7, 11) is 0. The minimum atomic E-state index is -0.520. The first-order valence-electron chi connectivity index (χ1n) is 11.5. The van der Waals surface area contributed by atoms with Gasteiger partial charge in [0.2, 0.25) is 5.91 Å². The highest BCUT2D eigenvalue weighted by Gasteiger charge is 2.28. The zero-order valence-corrected chi connectivity index (χ0v) is 18.8. The number of likely N-dealkylation sites (tertiary alicyclic amines) is 1. The average Bonchev–Trinajstić information content (AvgIpc) is 3.38. The fraction of sp³-hybridized carbons (Fsp3) is 0.400. The zero-order chi connectivity index (χ0) is 23.4. The number of carbonyl (C=O) groups excluding carboxylic acids is 3. The molecular formula is C25H29FN4O3.